The molecule has 1 aliphatic rings. The van der Waals surface area contributed by atoms with Crippen LogP contribution in [0.15, 0.2) is 23.0 Å². The molecule has 0 spiro atoms. The Morgan fingerprint density at radius 2 is 2.00 bits per heavy atom. The lowest BCUT2D eigenvalue weighted by atomic mass is 10.1. The Hall–Kier alpha value is -1.57. The summed E-state index contributed by atoms with van der Waals surface area (Å²) in [6, 6.07) is 5.18. The van der Waals surface area contributed by atoms with Crippen molar-refractivity contribution < 1.29 is 13.2 Å². The molecule has 1 aromatic carbocycles. The lowest BCUT2D eigenvalue weighted by Crippen LogP contribution is -2.36. The molecule has 24 heavy (non-hydrogen) atoms. The molecule has 3 rings (SSSR count). The third-order valence-electron chi connectivity index (χ3n) is 3.81. The van der Waals surface area contributed by atoms with E-state index in [9.17, 15) is 18.0 Å². The number of aromatic nitrogens is 2. The molecule has 2 aromatic rings. The van der Waals surface area contributed by atoms with E-state index in [0.717, 1.165) is 5.56 Å². The van der Waals surface area contributed by atoms with E-state index < -0.39 is 17.6 Å². The molecular formula is C15H12Cl2F3N3O. The van der Waals surface area contributed by atoms with Gasteiger partial charge in [-0.1, -0.05) is 29.3 Å². The first-order valence-electron chi connectivity index (χ1n) is 7.09. The van der Waals surface area contributed by atoms with E-state index in [1.807, 2.05) is 9.88 Å². The molecule has 0 fully saturated rings. The molecule has 4 nitrogen and oxygen atoms in total. The van der Waals surface area contributed by atoms with E-state index in [4.69, 9.17) is 23.2 Å². The fourth-order valence-corrected chi connectivity index (χ4v) is 2.98. The highest BCUT2D eigenvalue weighted by molar-refractivity contribution is 6.42. The van der Waals surface area contributed by atoms with E-state index in [-0.39, 0.29) is 12.2 Å². The van der Waals surface area contributed by atoms with E-state index >= 15 is 0 Å². The maximum Gasteiger partial charge on any atom is 0.449 e. The number of hydrogen-bond acceptors (Lipinski definition) is 3. The second-order valence-electron chi connectivity index (χ2n) is 5.55. The molecule has 0 bridgehead atoms. The lowest BCUT2D eigenvalue weighted by Gasteiger charge is -2.28. The van der Waals surface area contributed by atoms with E-state index in [0.29, 0.717) is 35.1 Å². The number of alkyl halides is 3. The monoisotopic (exact) mass is 377 g/mol. The van der Waals surface area contributed by atoms with Crippen molar-refractivity contribution in [2.24, 2.45) is 0 Å². The zero-order valence-corrected chi connectivity index (χ0v) is 13.8. The van der Waals surface area contributed by atoms with Crippen LogP contribution in [0.3, 0.4) is 0 Å². The molecular weight excluding hydrogens is 366 g/mol. The van der Waals surface area contributed by atoms with Crippen molar-refractivity contribution in [3.05, 3.63) is 61.2 Å². The number of H-pyrrole nitrogens is 1. The summed E-state index contributed by atoms with van der Waals surface area (Å²) in [6.45, 7) is 1.19. The summed E-state index contributed by atoms with van der Waals surface area (Å²) in [5.41, 5.74) is 0.640. The number of rotatable bonds is 2. The number of hydrogen-bond donors (Lipinski definition) is 1. The molecule has 1 N–H and O–H groups in total. The molecule has 128 valence electrons. The lowest BCUT2D eigenvalue weighted by molar-refractivity contribution is -0.145. The molecule has 0 unspecified atom stereocenters. The number of fused-ring (bicyclic) bond motifs is 1. The van der Waals surface area contributed by atoms with Crippen LogP contribution in [0.25, 0.3) is 0 Å². The maximum absolute atomic E-state index is 12.8. The number of benzene rings is 1. The van der Waals surface area contributed by atoms with Gasteiger partial charge < -0.3 is 4.98 Å². The van der Waals surface area contributed by atoms with Crippen LogP contribution in [0.4, 0.5) is 13.2 Å². The van der Waals surface area contributed by atoms with Gasteiger partial charge >= 0.3 is 6.18 Å². The summed E-state index contributed by atoms with van der Waals surface area (Å²) in [5, 5.41) is 0.855. The minimum absolute atomic E-state index is 0.164. The summed E-state index contributed by atoms with van der Waals surface area (Å²) >= 11 is 11.8. The first-order valence-corrected chi connectivity index (χ1v) is 7.85. The van der Waals surface area contributed by atoms with Crippen molar-refractivity contribution in [3.63, 3.8) is 0 Å². The molecule has 0 aliphatic carbocycles. The summed E-state index contributed by atoms with van der Waals surface area (Å²) in [7, 11) is 0. The Labute approximate surface area is 145 Å². The van der Waals surface area contributed by atoms with Crippen molar-refractivity contribution in [2.75, 3.05) is 6.54 Å². The Kier molecular flexibility index (Phi) is 4.59. The third-order valence-corrected chi connectivity index (χ3v) is 4.55. The molecule has 2 heterocycles. The fourth-order valence-electron chi connectivity index (χ4n) is 2.66. The van der Waals surface area contributed by atoms with Crippen LogP contribution in [0, 0.1) is 0 Å². The Bertz CT molecular complexity index is 836. The van der Waals surface area contributed by atoms with Gasteiger partial charge in [-0.25, -0.2) is 4.98 Å². The van der Waals surface area contributed by atoms with Crippen molar-refractivity contribution in [1.29, 1.82) is 0 Å². The minimum atomic E-state index is -4.68. The van der Waals surface area contributed by atoms with Crippen LogP contribution in [0.1, 0.15) is 22.6 Å². The third kappa shape index (κ3) is 3.58. The van der Waals surface area contributed by atoms with Gasteiger partial charge in [0.15, 0.2) is 0 Å². The Morgan fingerprint density at radius 3 is 2.67 bits per heavy atom. The number of nitrogens with zero attached hydrogens (tertiary/aromatic N) is 2. The zero-order valence-electron chi connectivity index (χ0n) is 12.3. The topological polar surface area (TPSA) is 49.0 Å². The van der Waals surface area contributed by atoms with Gasteiger partial charge in [0.05, 0.1) is 15.7 Å². The summed E-state index contributed by atoms with van der Waals surface area (Å²) < 4.78 is 38.4. The van der Waals surface area contributed by atoms with Crippen LogP contribution < -0.4 is 5.56 Å². The Morgan fingerprint density at radius 1 is 1.25 bits per heavy atom. The van der Waals surface area contributed by atoms with E-state index in [2.05, 4.69) is 4.98 Å². The number of halogens is 5. The zero-order chi connectivity index (χ0) is 17.5. The normalized spacial score (nSPS) is 15.4. The second-order valence-corrected chi connectivity index (χ2v) is 6.36. The number of nitrogens with one attached hydrogen (secondary N) is 1. The van der Waals surface area contributed by atoms with Crippen LogP contribution in [0.5, 0.6) is 0 Å². The molecule has 0 saturated heterocycles. The molecule has 0 radical (unpaired) electrons. The minimum Gasteiger partial charge on any atom is -0.303 e. The van der Waals surface area contributed by atoms with Gasteiger partial charge in [-0.2, -0.15) is 13.2 Å². The molecule has 1 aromatic heterocycles. The highest BCUT2D eigenvalue weighted by Gasteiger charge is 2.35. The smallest absolute Gasteiger partial charge is 0.303 e. The molecule has 0 atom stereocenters. The van der Waals surface area contributed by atoms with E-state index in [1.54, 1.807) is 18.2 Å². The first-order chi connectivity index (χ1) is 11.2. The Balaban J connectivity index is 1.84. The van der Waals surface area contributed by atoms with Crippen LogP contribution in [0.2, 0.25) is 10.0 Å². The van der Waals surface area contributed by atoms with Gasteiger partial charge in [0.2, 0.25) is 5.82 Å². The van der Waals surface area contributed by atoms with Crippen molar-refractivity contribution >= 4 is 23.2 Å². The SMILES string of the molecule is O=c1[nH]c(C(F)(F)F)nc2c1CCN(Cc1ccc(Cl)c(Cl)c1)C2. The number of aromatic amines is 1. The van der Waals surface area contributed by atoms with Crippen molar-refractivity contribution in [2.45, 2.75) is 25.7 Å². The first kappa shape index (κ1) is 17.3. The fraction of sp³-hybridized carbons (Fsp3) is 0.333. The predicted molar refractivity (Wildman–Crippen MR) is 84.1 cm³/mol. The molecule has 0 amide bonds. The summed E-state index contributed by atoms with van der Waals surface area (Å²) in [4.78, 5) is 19.2. The van der Waals surface area contributed by atoms with Gasteiger partial charge in [0, 0.05) is 25.2 Å². The summed E-state index contributed by atoms with van der Waals surface area (Å²) in [6.07, 6.45) is -4.34. The molecule has 1 aliphatic heterocycles. The van der Waals surface area contributed by atoms with Gasteiger partial charge in [0.1, 0.15) is 0 Å². The van der Waals surface area contributed by atoms with Crippen LogP contribution in [-0.2, 0) is 25.7 Å². The quantitative estimate of drug-likeness (QED) is 0.868. The maximum atomic E-state index is 12.8. The van der Waals surface area contributed by atoms with Gasteiger partial charge in [-0.3, -0.25) is 9.69 Å². The highest BCUT2D eigenvalue weighted by Crippen LogP contribution is 2.27. The van der Waals surface area contributed by atoms with Gasteiger partial charge in [-0.05, 0) is 24.1 Å². The van der Waals surface area contributed by atoms with Gasteiger partial charge in [0.25, 0.3) is 5.56 Å². The predicted octanol–water partition coefficient (Wildman–Crippen LogP) is 3.65. The standard InChI is InChI=1S/C15H12Cl2F3N3O/c16-10-2-1-8(5-11(10)17)6-23-4-3-9-12(7-23)21-14(15(18,19)20)22-13(9)24/h1-2,5H,3-4,6-7H2,(H,21,22,24). The van der Waals surface area contributed by atoms with Crippen molar-refractivity contribution in [3.8, 4) is 0 Å². The highest BCUT2D eigenvalue weighted by atomic mass is 35.5. The van der Waals surface area contributed by atoms with Crippen LogP contribution in [-0.4, -0.2) is 21.4 Å². The largest absolute Gasteiger partial charge is 0.449 e. The average Bonchev–Trinajstić information content (AvgIpc) is 2.50. The molecule has 9 heteroatoms. The average molecular weight is 378 g/mol. The summed E-state index contributed by atoms with van der Waals surface area (Å²) in [5.74, 6) is -1.26. The van der Waals surface area contributed by atoms with Crippen molar-refractivity contribution in [1.82, 2.24) is 14.9 Å². The molecule has 0 saturated carbocycles. The second kappa shape index (κ2) is 6.38. The van der Waals surface area contributed by atoms with E-state index in [1.165, 1.54) is 0 Å². The van der Waals surface area contributed by atoms with Gasteiger partial charge in [-0.15, -0.1) is 0 Å². The van der Waals surface area contributed by atoms with Crippen LogP contribution >= 0.6 is 23.2 Å².